The molecule has 128 valence electrons. The number of para-hydroxylation sites is 1. The second kappa shape index (κ2) is 6.12. The highest BCUT2D eigenvalue weighted by atomic mass is 15.4. The van der Waals surface area contributed by atoms with E-state index in [9.17, 15) is 0 Å². The third kappa shape index (κ3) is 2.76. The summed E-state index contributed by atoms with van der Waals surface area (Å²) in [7, 11) is 0. The van der Waals surface area contributed by atoms with Gasteiger partial charge < -0.3 is 15.1 Å². The van der Waals surface area contributed by atoms with E-state index in [1.807, 2.05) is 0 Å². The monoisotopic (exact) mass is 332 g/mol. The van der Waals surface area contributed by atoms with Crippen LogP contribution in [0.3, 0.4) is 0 Å². The molecule has 2 aromatic carbocycles. The van der Waals surface area contributed by atoms with E-state index in [0.29, 0.717) is 6.04 Å². The van der Waals surface area contributed by atoms with Gasteiger partial charge in [0.25, 0.3) is 0 Å². The minimum absolute atomic E-state index is 0.628. The number of nitrogens with zero attached hydrogens (tertiary/aromatic N) is 3. The Hall–Kier alpha value is -2.46. The van der Waals surface area contributed by atoms with Crippen molar-refractivity contribution in [1.29, 1.82) is 0 Å². The van der Waals surface area contributed by atoms with Gasteiger partial charge in [-0.3, -0.25) is 4.90 Å². The van der Waals surface area contributed by atoms with Crippen LogP contribution in [-0.4, -0.2) is 42.3 Å². The lowest BCUT2D eigenvalue weighted by Gasteiger charge is -2.32. The Morgan fingerprint density at radius 3 is 2.52 bits per heavy atom. The predicted octanol–water partition coefficient (Wildman–Crippen LogP) is 2.81. The first-order valence-electron chi connectivity index (χ1n) is 9.15. The molecule has 1 atom stereocenters. The minimum Gasteiger partial charge on any atom is -0.370 e. The Morgan fingerprint density at radius 2 is 1.72 bits per heavy atom. The Balaban J connectivity index is 1.30. The van der Waals surface area contributed by atoms with Gasteiger partial charge >= 0.3 is 0 Å². The molecule has 2 aromatic rings. The van der Waals surface area contributed by atoms with Gasteiger partial charge in [-0.1, -0.05) is 48.5 Å². The third-order valence-corrected chi connectivity index (χ3v) is 5.64. The van der Waals surface area contributed by atoms with Crippen molar-refractivity contribution >= 4 is 5.69 Å². The Bertz CT molecular complexity index is 771. The first-order chi connectivity index (χ1) is 12.4. The molecule has 0 amide bonds. The second-order valence-electron chi connectivity index (χ2n) is 7.25. The van der Waals surface area contributed by atoms with Crippen LogP contribution in [0.2, 0.25) is 0 Å². The van der Waals surface area contributed by atoms with Gasteiger partial charge in [0.15, 0.2) is 0 Å². The fourth-order valence-corrected chi connectivity index (χ4v) is 4.31. The lowest BCUT2D eigenvalue weighted by Crippen LogP contribution is -2.39. The van der Waals surface area contributed by atoms with E-state index < -0.39 is 0 Å². The van der Waals surface area contributed by atoms with Crippen LogP contribution in [0.4, 0.5) is 5.69 Å². The molecule has 3 heterocycles. The fourth-order valence-electron chi connectivity index (χ4n) is 4.31. The molecule has 1 N–H and O–H groups in total. The van der Waals surface area contributed by atoms with Crippen LogP contribution < -0.4 is 10.2 Å². The van der Waals surface area contributed by atoms with E-state index in [4.69, 9.17) is 0 Å². The number of nitrogens with one attached hydrogen (secondary N) is 1. The largest absolute Gasteiger partial charge is 0.370 e. The van der Waals surface area contributed by atoms with Gasteiger partial charge in [-0.2, -0.15) is 0 Å². The molecule has 0 aliphatic carbocycles. The summed E-state index contributed by atoms with van der Waals surface area (Å²) in [6.45, 7) is 5.16. The van der Waals surface area contributed by atoms with Crippen LogP contribution in [0.15, 0.2) is 72.1 Å². The van der Waals surface area contributed by atoms with E-state index in [2.05, 4.69) is 80.7 Å². The van der Waals surface area contributed by atoms with E-state index in [-0.39, 0.29) is 0 Å². The summed E-state index contributed by atoms with van der Waals surface area (Å²) in [5, 5.41) is 3.66. The molecule has 0 bridgehead atoms. The SMILES string of the molecule is c1ccc(CN2CNC3=C2CN2CN(c4ccccc4)CC2C3)cc1. The van der Waals surface area contributed by atoms with Gasteiger partial charge in [0.05, 0.1) is 13.3 Å². The Morgan fingerprint density at radius 1 is 0.960 bits per heavy atom. The van der Waals surface area contributed by atoms with Crippen LogP contribution in [0, 0.1) is 0 Å². The minimum atomic E-state index is 0.628. The molecule has 3 aliphatic heterocycles. The second-order valence-corrected chi connectivity index (χ2v) is 7.25. The Kier molecular flexibility index (Phi) is 3.63. The Labute approximate surface area is 149 Å². The maximum Gasteiger partial charge on any atom is 0.0876 e. The van der Waals surface area contributed by atoms with Gasteiger partial charge in [0.1, 0.15) is 0 Å². The molecule has 0 aromatic heterocycles. The number of hydrogen-bond acceptors (Lipinski definition) is 4. The highest BCUT2D eigenvalue weighted by Crippen LogP contribution is 2.33. The highest BCUT2D eigenvalue weighted by Gasteiger charge is 2.38. The smallest absolute Gasteiger partial charge is 0.0876 e. The first-order valence-corrected chi connectivity index (χ1v) is 9.15. The number of anilines is 1. The molecule has 1 unspecified atom stereocenters. The zero-order valence-corrected chi connectivity index (χ0v) is 14.4. The summed E-state index contributed by atoms with van der Waals surface area (Å²) in [5.41, 5.74) is 5.68. The fraction of sp³-hybridized carbons (Fsp3) is 0.333. The summed E-state index contributed by atoms with van der Waals surface area (Å²) in [6, 6.07) is 22.2. The first kappa shape index (κ1) is 14.8. The lowest BCUT2D eigenvalue weighted by molar-refractivity contribution is 0.232. The molecule has 1 fully saturated rings. The normalized spacial score (nSPS) is 22.8. The van der Waals surface area contributed by atoms with Crippen LogP contribution >= 0.6 is 0 Å². The molecule has 0 spiro atoms. The van der Waals surface area contributed by atoms with Gasteiger partial charge in [-0.05, 0) is 17.7 Å². The molecule has 1 saturated heterocycles. The van der Waals surface area contributed by atoms with Gasteiger partial charge in [0, 0.05) is 49.2 Å². The molecular formula is C21H24N4. The zero-order valence-electron chi connectivity index (χ0n) is 14.4. The summed E-state index contributed by atoms with van der Waals surface area (Å²) in [4.78, 5) is 7.65. The maximum atomic E-state index is 3.66. The summed E-state index contributed by atoms with van der Waals surface area (Å²) in [5.74, 6) is 0. The number of benzene rings is 2. The average Bonchev–Trinajstić information content (AvgIpc) is 3.25. The van der Waals surface area contributed by atoms with Crippen molar-refractivity contribution in [2.75, 3.05) is 31.3 Å². The van der Waals surface area contributed by atoms with E-state index in [0.717, 1.165) is 39.4 Å². The van der Waals surface area contributed by atoms with Crippen molar-refractivity contribution in [3.05, 3.63) is 77.6 Å². The third-order valence-electron chi connectivity index (χ3n) is 5.64. The number of rotatable bonds is 3. The van der Waals surface area contributed by atoms with Crippen molar-refractivity contribution in [3.63, 3.8) is 0 Å². The quantitative estimate of drug-likeness (QED) is 0.933. The topological polar surface area (TPSA) is 21.8 Å². The van der Waals surface area contributed by atoms with Crippen LogP contribution in [0.25, 0.3) is 0 Å². The van der Waals surface area contributed by atoms with Crippen molar-refractivity contribution in [1.82, 2.24) is 15.1 Å². The molecule has 25 heavy (non-hydrogen) atoms. The van der Waals surface area contributed by atoms with Crippen molar-refractivity contribution in [2.24, 2.45) is 0 Å². The standard InChI is InChI=1S/C21H24N4/c1-3-7-17(8-4-1)12-23-15-22-20-11-19-13-24(16-25(19)14-21(20)23)18-9-5-2-6-10-18/h1-10,19,22H,11-16H2. The van der Waals surface area contributed by atoms with E-state index in [1.165, 1.54) is 22.6 Å². The molecule has 4 nitrogen and oxygen atoms in total. The zero-order chi connectivity index (χ0) is 16.6. The van der Waals surface area contributed by atoms with Gasteiger partial charge in [-0.15, -0.1) is 0 Å². The van der Waals surface area contributed by atoms with E-state index >= 15 is 0 Å². The number of fused-ring (bicyclic) bond motifs is 1. The van der Waals surface area contributed by atoms with Crippen LogP contribution in [0.5, 0.6) is 0 Å². The molecule has 3 aliphatic rings. The number of hydrogen-bond donors (Lipinski definition) is 1. The van der Waals surface area contributed by atoms with Crippen molar-refractivity contribution in [3.8, 4) is 0 Å². The molecular weight excluding hydrogens is 308 g/mol. The van der Waals surface area contributed by atoms with Gasteiger partial charge in [-0.25, -0.2) is 0 Å². The summed E-state index contributed by atoms with van der Waals surface area (Å²) in [6.07, 6.45) is 1.14. The summed E-state index contributed by atoms with van der Waals surface area (Å²) >= 11 is 0. The molecule has 4 heteroatoms. The molecule has 0 saturated carbocycles. The predicted molar refractivity (Wildman–Crippen MR) is 101 cm³/mol. The molecule has 5 rings (SSSR count). The van der Waals surface area contributed by atoms with Crippen molar-refractivity contribution in [2.45, 2.75) is 19.0 Å². The average molecular weight is 332 g/mol. The van der Waals surface area contributed by atoms with Gasteiger partial charge in [0.2, 0.25) is 0 Å². The highest BCUT2D eigenvalue weighted by molar-refractivity contribution is 5.47. The van der Waals surface area contributed by atoms with Crippen LogP contribution in [0.1, 0.15) is 12.0 Å². The summed E-state index contributed by atoms with van der Waals surface area (Å²) < 4.78 is 0. The lowest BCUT2D eigenvalue weighted by atomic mass is 10.0. The maximum absolute atomic E-state index is 3.66. The van der Waals surface area contributed by atoms with E-state index in [1.54, 1.807) is 0 Å². The molecule has 0 radical (unpaired) electrons. The van der Waals surface area contributed by atoms with Crippen molar-refractivity contribution < 1.29 is 0 Å². The van der Waals surface area contributed by atoms with Crippen LogP contribution in [-0.2, 0) is 6.54 Å².